The first-order valence-electron chi connectivity index (χ1n) is 5.89. The zero-order valence-corrected chi connectivity index (χ0v) is 9.52. The Morgan fingerprint density at radius 1 is 1.35 bits per heavy atom. The molecular weight excluding hydrogens is 224 g/mol. The molecule has 2 aliphatic rings. The predicted octanol–water partition coefficient (Wildman–Crippen LogP) is -0.412. The van der Waals surface area contributed by atoms with Gasteiger partial charge in [-0.1, -0.05) is 0 Å². The Labute approximate surface area is 99.0 Å². The van der Waals surface area contributed by atoms with Gasteiger partial charge in [0.05, 0.1) is 5.92 Å². The van der Waals surface area contributed by atoms with Crippen molar-refractivity contribution in [3.05, 3.63) is 0 Å². The van der Waals surface area contributed by atoms with E-state index in [1.54, 1.807) is 4.90 Å². The molecule has 0 bridgehead atoms. The molecule has 0 unspecified atom stereocenters. The third-order valence-electron chi connectivity index (χ3n) is 3.38. The molecule has 2 aliphatic heterocycles. The summed E-state index contributed by atoms with van der Waals surface area (Å²) in [6.45, 7) is 0.857. The topological polar surface area (TPSA) is 86.7 Å². The SMILES string of the molecule is O=C1CC[C@@H](C(=O)N2CCC[C@@H](C(=O)O)C2)N1. The van der Waals surface area contributed by atoms with Gasteiger partial charge in [0.25, 0.3) is 0 Å². The van der Waals surface area contributed by atoms with Crippen LogP contribution in [0, 0.1) is 5.92 Å². The molecule has 2 fully saturated rings. The maximum Gasteiger partial charge on any atom is 0.308 e. The number of hydrogen-bond donors (Lipinski definition) is 2. The van der Waals surface area contributed by atoms with E-state index in [1.165, 1.54) is 0 Å². The smallest absolute Gasteiger partial charge is 0.308 e. The summed E-state index contributed by atoms with van der Waals surface area (Å²) in [7, 11) is 0. The highest BCUT2D eigenvalue weighted by molar-refractivity contribution is 5.91. The molecule has 6 heteroatoms. The van der Waals surface area contributed by atoms with Gasteiger partial charge < -0.3 is 15.3 Å². The minimum absolute atomic E-state index is 0.102. The summed E-state index contributed by atoms with van der Waals surface area (Å²) >= 11 is 0. The van der Waals surface area contributed by atoms with Crippen molar-refractivity contribution in [3.8, 4) is 0 Å². The summed E-state index contributed by atoms with van der Waals surface area (Å²) in [6.07, 6.45) is 2.23. The largest absolute Gasteiger partial charge is 0.481 e. The maximum absolute atomic E-state index is 12.0. The number of carboxylic acid groups (broad SMARTS) is 1. The van der Waals surface area contributed by atoms with Crippen molar-refractivity contribution in [1.82, 2.24) is 10.2 Å². The molecule has 94 valence electrons. The molecule has 6 nitrogen and oxygen atoms in total. The van der Waals surface area contributed by atoms with Gasteiger partial charge in [-0.3, -0.25) is 14.4 Å². The van der Waals surface area contributed by atoms with E-state index in [-0.39, 0.29) is 18.4 Å². The number of likely N-dealkylation sites (tertiary alicyclic amines) is 1. The number of nitrogens with zero attached hydrogens (tertiary/aromatic N) is 1. The van der Waals surface area contributed by atoms with Gasteiger partial charge in [0.2, 0.25) is 11.8 Å². The third-order valence-corrected chi connectivity index (χ3v) is 3.38. The van der Waals surface area contributed by atoms with E-state index in [1.807, 2.05) is 0 Å². The average molecular weight is 240 g/mol. The van der Waals surface area contributed by atoms with E-state index < -0.39 is 17.9 Å². The molecule has 0 radical (unpaired) electrons. The van der Waals surface area contributed by atoms with Crippen LogP contribution in [-0.4, -0.2) is 46.9 Å². The Balaban J connectivity index is 1.95. The number of amides is 2. The molecule has 0 saturated carbocycles. The lowest BCUT2D eigenvalue weighted by molar-refractivity contribution is -0.146. The lowest BCUT2D eigenvalue weighted by Crippen LogP contribution is -2.49. The van der Waals surface area contributed by atoms with Gasteiger partial charge in [-0.2, -0.15) is 0 Å². The Morgan fingerprint density at radius 3 is 2.71 bits per heavy atom. The summed E-state index contributed by atoms with van der Waals surface area (Å²) < 4.78 is 0. The van der Waals surface area contributed by atoms with E-state index in [4.69, 9.17) is 5.11 Å². The van der Waals surface area contributed by atoms with Crippen LogP contribution < -0.4 is 5.32 Å². The monoisotopic (exact) mass is 240 g/mol. The van der Waals surface area contributed by atoms with E-state index in [0.29, 0.717) is 32.2 Å². The number of nitrogens with one attached hydrogen (secondary N) is 1. The summed E-state index contributed by atoms with van der Waals surface area (Å²) in [5.74, 6) is -1.56. The predicted molar refractivity (Wildman–Crippen MR) is 58.1 cm³/mol. The number of piperidine rings is 1. The van der Waals surface area contributed by atoms with Crippen LogP contribution in [0.15, 0.2) is 0 Å². The second-order valence-corrected chi connectivity index (χ2v) is 4.62. The van der Waals surface area contributed by atoms with Crippen molar-refractivity contribution in [2.45, 2.75) is 31.7 Å². The summed E-state index contributed by atoms with van der Waals surface area (Å²) in [6, 6.07) is -0.449. The standard InChI is InChI=1S/C11H16N2O4/c14-9-4-3-8(12-9)10(15)13-5-1-2-7(6-13)11(16)17/h7-8H,1-6H2,(H,12,14)(H,16,17)/t7-,8+/m1/s1. The van der Waals surface area contributed by atoms with Gasteiger partial charge in [0, 0.05) is 19.5 Å². The van der Waals surface area contributed by atoms with Crippen LogP contribution in [-0.2, 0) is 14.4 Å². The first-order valence-corrected chi connectivity index (χ1v) is 5.89. The minimum atomic E-state index is -0.849. The normalized spacial score (nSPS) is 28.9. The number of carboxylic acids is 1. The molecule has 0 aromatic heterocycles. The highest BCUT2D eigenvalue weighted by Crippen LogP contribution is 2.19. The molecule has 2 saturated heterocycles. The Bertz CT molecular complexity index is 355. The van der Waals surface area contributed by atoms with Crippen molar-refractivity contribution in [1.29, 1.82) is 0 Å². The van der Waals surface area contributed by atoms with Crippen molar-refractivity contribution in [2.24, 2.45) is 5.92 Å². The highest BCUT2D eigenvalue weighted by atomic mass is 16.4. The van der Waals surface area contributed by atoms with Gasteiger partial charge >= 0.3 is 5.97 Å². The van der Waals surface area contributed by atoms with Crippen molar-refractivity contribution in [3.63, 3.8) is 0 Å². The molecule has 0 aromatic rings. The number of carbonyl (C=O) groups excluding carboxylic acids is 2. The summed E-state index contributed by atoms with van der Waals surface area (Å²) in [5.41, 5.74) is 0. The van der Waals surface area contributed by atoms with Crippen LogP contribution in [0.4, 0.5) is 0 Å². The van der Waals surface area contributed by atoms with Crippen molar-refractivity contribution >= 4 is 17.8 Å². The number of aliphatic carboxylic acids is 1. The fourth-order valence-electron chi connectivity index (χ4n) is 2.40. The third kappa shape index (κ3) is 2.57. The Hall–Kier alpha value is -1.59. The summed E-state index contributed by atoms with van der Waals surface area (Å²) in [5, 5.41) is 11.6. The molecule has 2 atom stereocenters. The van der Waals surface area contributed by atoms with E-state index in [0.717, 1.165) is 0 Å². The molecular formula is C11H16N2O4. The van der Waals surface area contributed by atoms with Crippen LogP contribution in [0.3, 0.4) is 0 Å². The average Bonchev–Trinajstić information content (AvgIpc) is 2.75. The van der Waals surface area contributed by atoms with Crippen LogP contribution in [0.2, 0.25) is 0 Å². The molecule has 0 aromatic carbocycles. The lowest BCUT2D eigenvalue weighted by Gasteiger charge is -2.32. The van der Waals surface area contributed by atoms with Crippen LogP contribution in [0.25, 0.3) is 0 Å². The van der Waals surface area contributed by atoms with E-state index in [9.17, 15) is 14.4 Å². The van der Waals surface area contributed by atoms with Crippen molar-refractivity contribution in [2.75, 3.05) is 13.1 Å². The molecule has 2 amide bonds. The molecule has 17 heavy (non-hydrogen) atoms. The number of rotatable bonds is 2. The molecule has 0 aliphatic carbocycles. The van der Waals surface area contributed by atoms with Gasteiger partial charge in [0.1, 0.15) is 6.04 Å². The fourth-order valence-corrected chi connectivity index (χ4v) is 2.40. The van der Waals surface area contributed by atoms with Gasteiger partial charge in [-0.05, 0) is 19.3 Å². The van der Waals surface area contributed by atoms with E-state index in [2.05, 4.69) is 5.32 Å². The molecule has 0 spiro atoms. The van der Waals surface area contributed by atoms with E-state index >= 15 is 0 Å². The maximum atomic E-state index is 12.0. The summed E-state index contributed by atoms with van der Waals surface area (Å²) in [4.78, 5) is 35.5. The first-order chi connectivity index (χ1) is 8.08. The zero-order valence-electron chi connectivity index (χ0n) is 9.52. The second-order valence-electron chi connectivity index (χ2n) is 4.62. The van der Waals surface area contributed by atoms with Gasteiger partial charge in [-0.25, -0.2) is 0 Å². The molecule has 2 rings (SSSR count). The Morgan fingerprint density at radius 2 is 2.12 bits per heavy atom. The molecule has 2 heterocycles. The zero-order chi connectivity index (χ0) is 12.4. The Kier molecular flexibility index (Phi) is 3.31. The van der Waals surface area contributed by atoms with Crippen molar-refractivity contribution < 1.29 is 19.5 Å². The van der Waals surface area contributed by atoms with Crippen LogP contribution in [0.1, 0.15) is 25.7 Å². The minimum Gasteiger partial charge on any atom is -0.481 e. The first kappa shape index (κ1) is 11.9. The van der Waals surface area contributed by atoms with Gasteiger partial charge in [0.15, 0.2) is 0 Å². The van der Waals surface area contributed by atoms with Crippen LogP contribution >= 0.6 is 0 Å². The number of hydrogen-bond acceptors (Lipinski definition) is 3. The van der Waals surface area contributed by atoms with Gasteiger partial charge in [-0.15, -0.1) is 0 Å². The van der Waals surface area contributed by atoms with Crippen LogP contribution in [0.5, 0.6) is 0 Å². The second kappa shape index (κ2) is 4.73. The quantitative estimate of drug-likeness (QED) is 0.687. The molecule has 2 N–H and O–H groups in total. The fraction of sp³-hybridized carbons (Fsp3) is 0.727. The lowest BCUT2D eigenvalue weighted by atomic mass is 9.97. The highest BCUT2D eigenvalue weighted by Gasteiger charge is 2.34. The number of carbonyl (C=O) groups is 3.